The number of amides is 1. The van der Waals surface area contributed by atoms with Crippen molar-refractivity contribution in [2.45, 2.75) is 46.7 Å². The van der Waals surface area contributed by atoms with Gasteiger partial charge in [-0.25, -0.2) is 4.79 Å². The molecule has 9 heteroatoms. The molecule has 180 valence electrons. The molecule has 0 spiro atoms. The average Bonchev–Trinajstić information content (AvgIpc) is 3.09. The summed E-state index contributed by atoms with van der Waals surface area (Å²) in [6.45, 7) is 8.93. The van der Waals surface area contributed by atoms with Gasteiger partial charge >= 0.3 is 5.97 Å². The summed E-state index contributed by atoms with van der Waals surface area (Å²) >= 11 is 0. The number of hydrogen-bond donors (Lipinski definition) is 1. The zero-order chi connectivity index (χ0) is 24.9. The quantitative estimate of drug-likeness (QED) is 0.429. The van der Waals surface area contributed by atoms with E-state index in [0.717, 1.165) is 11.4 Å². The molecule has 1 aromatic heterocycles. The Balaban J connectivity index is 2.04. The van der Waals surface area contributed by atoms with Crippen LogP contribution in [0, 0.1) is 13.8 Å². The van der Waals surface area contributed by atoms with Crippen LogP contribution in [0.5, 0.6) is 17.2 Å². The van der Waals surface area contributed by atoms with Gasteiger partial charge in [-0.3, -0.25) is 9.59 Å². The van der Waals surface area contributed by atoms with Gasteiger partial charge in [0.15, 0.2) is 18.1 Å². The normalized spacial score (nSPS) is 11.7. The van der Waals surface area contributed by atoms with Crippen LogP contribution in [0.3, 0.4) is 0 Å². The highest BCUT2D eigenvalue weighted by Crippen LogP contribution is 2.38. The van der Waals surface area contributed by atoms with Gasteiger partial charge in [0.1, 0.15) is 6.04 Å². The van der Waals surface area contributed by atoms with Crippen LogP contribution in [-0.4, -0.2) is 56.2 Å². The fourth-order valence-electron chi connectivity index (χ4n) is 3.74. The summed E-state index contributed by atoms with van der Waals surface area (Å²) in [7, 11) is 4.34. The summed E-state index contributed by atoms with van der Waals surface area (Å²) in [6.07, 6.45) is 0. The minimum absolute atomic E-state index is 0.208. The molecule has 0 aliphatic rings. The number of benzene rings is 1. The first-order valence-electron chi connectivity index (χ1n) is 10.5. The van der Waals surface area contributed by atoms with Crippen LogP contribution in [0.1, 0.15) is 58.9 Å². The maximum Gasteiger partial charge on any atom is 0.328 e. The van der Waals surface area contributed by atoms with E-state index < -0.39 is 24.5 Å². The molecule has 2 rings (SSSR count). The van der Waals surface area contributed by atoms with Gasteiger partial charge in [0.25, 0.3) is 5.91 Å². The zero-order valence-corrected chi connectivity index (χ0v) is 20.4. The molecule has 1 heterocycles. The molecule has 0 saturated carbocycles. The third-order valence-electron chi connectivity index (χ3n) is 5.27. The van der Waals surface area contributed by atoms with E-state index in [0.29, 0.717) is 22.8 Å². The van der Waals surface area contributed by atoms with Gasteiger partial charge in [-0.15, -0.1) is 0 Å². The fourth-order valence-corrected chi connectivity index (χ4v) is 3.74. The molecule has 0 bridgehead atoms. The van der Waals surface area contributed by atoms with E-state index in [1.54, 1.807) is 6.07 Å². The van der Waals surface area contributed by atoms with Crippen molar-refractivity contribution in [2.24, 2.45) is 0 Å². The lowest BCUT2D eigenvalue weighted by atomic mass is 10.1. The number of aromatic nitrogens is 1. The van der Waals surface area contributed by atoms with Crippen molar-refractivity contribution >= 4 is 17.7 Å². The van der Waals surface area contributed by atoms with Crippen LogP contribution in [0.4, 0.5) is 0 Å². The Morgan fingerprint density at radius 2 is 1.52 bits per heavy atom. The van der Waals surface area contributed by atoms with Gasteiger partial charge in [0.05, 0.1) is 21.3 Å². The van der Waals surface area contributed by atoms with Crippen LogP contribution in [0.15, 0.2) is 18.2 Å². The second-order valence-electron chi connectivity index (χ2n) is 7.89. The summed E-state index contributed by atoms with van der Waals surface area (Å²) in [6, 6.07) is 3.97. The van der Waals surface area contributed by atoms with Gasteiger partial charge in [-0.2, -0.15) is 0 Å². The molecular formula is C24H32N2O7. The van der Waals surface area contributed by atoms with Crippen molar-refractivity contribution in [1.82, 2.24) is 9.88 Å². The predicted octanol–water partition coefficient (Wildman–Crippen LogP) is 3.26. The number of hydrogen-bond acceptors (Lipinski definition) is 7. The Bertz CT molecular complexity index is 1010. The highest BCUT2D eigenvalue weighted by molar-refractivity contribution is 6.00. The fraction of sp³-hybridized carbons (Fsp3) is 0.458. The Hall–Kier alpha value is -3.49. The first kappa shape index (κ1) is 25.8. The Morgan fingerprint density at radius 1 is 0.939 bits per heavy atom. The Kier molecular flexibility index (Phi) is 8.50. The van der Waals surface area contributed by atoms with E-state index in [-0.39, 0.29) is 17.4 Å². The summed E-state index contributed by atoms with van der Waals surface area (Å²) < 4.78 is 23.0. The number of ketones is 1. The minimum Gasteiger partial charge on any atom is -0.493 e. The van der Waals surface area contributed by atoms with Gasteiger partial charge in [0.2, 0.25) is 11.5 Å². The van der Waals surface area contributed by atoms with E-state index in [9.17, 15) is 14.4 Å². The highest BCUT2D eigenvalue weighted by Gasteiger charge is 2.23. The Morgan fingerprint density at radius 3 is 1.97 bits per heavy atom. The molecular weight excluding hydrogens is 428 g/mol. The average molecular weight is 461 g/mol. The van der Waals surface area contributed by atoms with Crippen LogP contribution in [0.2, 0.25) is 0 Å². The molecule has 0 aliphatic heterocycles. The van der Waals surface area contributed by atoms with E-state index in [4.69, 9.17) is 18.9 Å². The summed E-state index contributed by atoms with van der Waals surface area (Å²) in [4.78, 5) is 37.7. The topological polar surface area (TPSA) is 105 Å². The molecule has 0 aliphatic carbocycles. The number of Topliss-reactive ketones (excluding diaryl/α,β-unsaturated/α-hetero) is 1. The minimum atomic E-state index is -0.979. The Labute approximate surface area is 194 Å². The van der Waals surface area contributed by atoms with Crippen molar-refractivity contribution in [3.8, 4) is 17.2 Å². The summed E-state index contributed by atoms with van der Waals surface area (Å²) in [5.41, 5.74) is 2.51. The van der Waals surface area contributed by atoms with Crippen molar-refractivity contribution < 1.29 is 33.3 Å². The second kappa shape index (κ2) is 10.9. The van der Waals surface area contributed by atoms with Crippen LogP contribution in [0.25, 0.3) is 0 Å². The summed E-state index contributed by atoms with van der Waals surface area (Å²) in [5, 5.41) is 2.56. The maximum atomic E-state index is 12.7. The molecule has 0 unspecified atom stereocenters. The maximum absolute atomic E-state index is 12.7. The third kappa shape index (κ3) is 5.66. The number of carbonyl (C=O) groups is 3. The lowest BCUT2D eigenvalue weighted by Gasteiger charge is -2.16. The van der Waals surface area contributed by atoms with Gasteiger partial charge in [-0.05, 0) is 52.8 Å². The highest BCUT2D eigenvalue weighted by atomic mass is 16.5. The third-order valence-corrected chi connectivity index (χ3v) is 5.27. The van der Waals surface area contributed by atoms with Crippen molar-refractivity contribution in [3.05, 3.63) is 40.7 Å². The molecule has 0 fully saturated rings. The molecule has 2 aromatic rings. The number of nitrogens with one attached hydrogen (secondary N) is 1. The number of carbonyl (C=O) groups excluding carboxylic acids is 3. The van der Waals surface area contributed by atoms with Gasteiger partial charge in [0, 0.05) is 28.6 Å². The van der Waals surface area contributed by atoms with Crippen molar-refractivity contribution in [1.29, 1.82) is 0 Å². The molecule has 1 amide bonds. The smallest absolute Gasteiger partial charge is 0.328 e. The molecule has 1 aromatic carbocycles. The number of rotatable bonds is 10. The number of aryl methyl sites for hydroxylation is 1. The lowest BCUT2D eigenvalue weighted by molar-refractivity contribution is -0.144. The van der Waals surface area contributed by atoms with E-state index in [1.807, 2.05) is 27.7 Å². The SMILES string of the molecule is COc1cc(C(=O)N[C@H](C)C(=O)OCC(=O)c2cc(C)n(C(C)C)c2C)cc(OC)c1OC. The summed E-state index contributed by atoms with van der Waals surface area (Å²) in [5.74, 6) is -0.596. The number of nitrogens with zero attached hydrogens (tertiary/aromatic N) is 1. The second-order valence-corrected chi connectivity index (χ2v) is 7.89. The lowest BCUT2D eigenvalue weighted by Crippen LogP contribution is -2.40. The van der Waals surface area contributed by atoms with Gasteiger partial charge < -0.3 is 28.8 Å². The molecule has 9 nitrogen and oxygen atoms in total. The molecule has 0 radical (unpaired) electrons. The van der Waals surface area contributed by atoms with Crippen LogP contribution >= 0.6 is 0 Å². The molecule has 0 saturated heterocycles. The van der Waals surface area contributed by atoms with E-state index in [2.05, 4.69) is 9.88 Å². The molecule has 1 N–H and O–H groups in total. The van der Waals surface area contributed by atoms with E-state index in [1.165, 1.54) is 40.4 Å². The van der Waals surface area contributed by atoms with Crippen LogP contribution < -0.4 is 19.5 Å². The zero-order valence-electron chi connectivity index (χ0n) is 20.4. The monoisotopic (exact) mass is 460 g/mol. The predicted molar refractivity (Wildman–Crippen MR) is 123 cm³/mol. The van der Waals surface area contributed by atoms with Gasteiger partial charge in [-0.1, -0.05) is 0 Å². The standard InChI is InChI=1S/C24H32N2O7/c1-13(2)26-14(3)9-18(16(26)5)19(27)12-33-24(29)15(4)25-23(28)17-10-20(30-6)22(32-8)21(11-17)31-7/h9-11,13,15H,12H2,1-8H3,(H,25,28)/t15-/m1/s1. The first-order valence-corrected chi connectivity index (χ1v) is 10.5. The largest absolute Gasteiger partial charge is 0.493 e. The van der Waals surface area contributed by atoms with E-state index >= 15 is 0 Å². The molecule has 1 atom stereocenters. The van der Waals surface area contributed by atoms with Crippen LogP contribution in [-0.2, 0) is 9.53 Å². The first-order chi connectivity index (χ1) is 15.5. The van der Waals surface area contributed by atoms with Crippen molar-refractivity contribution in [2.75, 3.05) is 27.9 Å². The van der Waals surface area contributed by atoms with Crippen molar-refractivity contribution in [3.63, 3.8) is 0 Å². The number of ether oxygens (including phenoxy) is 4. The molecule has 33 heavy (non-hydrogen) atoms. The number of methoxy groups -OCH3 is 3. The number of esters is 1.